The summed E-state index contributed by atoms with van der Waals surface area (Å²) in [7, 11) is 1.74. The Hall–Kier alpha value is -0.880. The van der Waals surface area contributed by atoms with E-state index < -0.39 is 17.4 Å². The van der Waals surface area contributed by atoms with Gasteiger partial charge < -0.3 is 43.0 Å². The van der Waals surface area contributed by atoms with E-state index in [0.29, 0.717) is 12.8 Å². The van der Waals surface area contributed by atoms with Crippen molar-refractivity contribution in [2.24, 2.45) is 11.8 Å². The van der Waals surface area contributed by atoms with Crippen molar-refractivity contribution in [1.82, 2.24) is 0 Å². The first kappa shape index (κ1) is 34.5. The molecule has 0 aromatic carbocycles. The van der Waals surface area contributed by atoms with Gasteiger partial charge in [0.1, 0.15) is 12.2 Å². The molecule has 0 aromatic rings. The highest BCUT2D eigenvalue weighted by molar-refractivity contribution is 5.10. The highest BCUT2D eigenvalue weighted by Gasteiger charge is 2.55. The molecule has 0 unspecified atom stereocenters. The molecule has 0 bridgehead atoms. The Bertz CT molecular complexity index is 981. The topological polar surface area (TPSA) is 94.1 Å². The number of aliphatic hydroxyl groups excluding tert-OH is 1. The molecule has 5 aliphatic rings. The van der Waals surface area contributed by atoms with Crippen LogP contribution in [0.2, 0.25) is 0 Å². The molecular formula is C35H58O9. The molecule has 0 amide bonds. The lowest BCUT2D eigenvalue weighted by Gasteiger charge is -2.49. The van der Waals surface area contributed by atoms with E-state index in [1.807, 2.05) is 33.8 Å². The van der Waals surface area contributed by atoms with Crippen molar-refractivity contribution in [3.63, 3.8) is 0 Å². The van der Waals surface area contributed by atoms with Gasteiger partial charge in [-0.15, -0.1) is 6.58 Å². The van der Waals surface area contributed by atoms with Crippen LogP contribution >= 0.6 is 0 Å². The summed E-state index contributed by atoms with van der Waals surface area (Å²) in [4.78, 5) is 0. The van der Waals surface area contributed by atoms with Crippen LogP contribution in [0.15, 0.2) is 24.8 Å². The Morgan fingerprint density at radius 2 is 1.61 bits per heavy atom. The molecule has 0 saturated carbocycles. The molecule has 4 fully saturated rings. The summed E-state index contributed by atoms with van der Waals surface area (Å²) in [6.07, 6.45) is 13.1. The molecule has 1 spiro atoms. The van der Waals surface area contributed by atoms with Crippen LogP contribution < -0.4 is 0 Å². The Labute approximate surface area is 264 Å². The first-order chi connectivity index (χ1) is 20.8. The number of ether oxygens (including phenoxy) is 8. The third-order valence-corrected chi connectivity index (χ3v) is 10.1. The van der Waals surface area contributed by atoms with Gasteiger partial charge in [-0.05, 0) is 65.9 Å². The average Bonchev–Trinajstić information content (AvgIpc) is 3.29. The molecule has 9 heteroatoms. The lowest BCUT2D eigenvalue weighted by atomic mass is 9.86. The van der Waals surface area contributed by atoms with Gasteiger partial charge >= 0.3 is 0 Å². The third kappa shape index (κ3) is 8.15. The molecule has 5 rings (SSSR count). The predicted molar refractivity (Wildman–Crippen MR) is 166 cm³/mol. The standard InChI is InChI=1S/C35H58O9/c1-9-22(2)30-32(43-34(6,7)42-30)31-28(37-8)14-17-35(44-31)16-13-23(3)29(41-35)21-27-20-26(39-33(4,5)40-27)19-25-12-10-11-24(38-25)15-18-36/h9,13,16,22-32,36H,1,10-12,14-15,17-21H2,2-8H3/t22-,23-,24+,25-,26+,27-,28-,29+,30-,31-,32-,35-/m0/s1. The van der Waals surface area contributed by atoms with E-state index in [0.717, 1.165) is 44.9 Å². The van der Waals surface area contributed by atoms with E-state index in [9.17, 15) is 5.11 Å². The normalized spacial score (nSPS) is 44.5. The van der Waals surface area contributed by atoms with Crippen LogP contribution in [-0.2, 0) is 37.9 Å². The second-order valence-corrected chi connectivity index (χ2v) is 14.7. The fourth-order valence-electron chi connectivity index (χ4n) is 7.88. The van der Waals surface area contributed by atoms with Crippen LogP contribution in [0.25, 0.3) is 0 Å². The smallest absolute Gasteiger partial charge is 0.188 e. The first-order valence-corrected chi connectivity index (χ1v) is 17.0. The molecule has 4 saturated heterocycles. The van der Waals surface area contributed by atoms with Crippen molar-refractivity contribution >= 4 is 0 Å². The molecule has 0 aliphatic carbocycles. The number of aliphatic hydroxyl groups is 1. The van der Waals surface area contributed by atoms with Gasteiger partial charge in [-0.1, -0.05) is 26.0 Å². The van der Waals surface area contributed by atoms with E-state index in [2.05, 4.69) is 32.6 Å². The zero-order valence-corrected chi connectivity index (χ0v) is 28.1. The Morgan fingerprint density at radius 3 is 2.32 bits per heavy atom. The summed E-state index contributed by atoms with van der Waals surface area (Å²) in [5, 5.41) is 9.39. The van der Waals surface area contributed by atoms with Crippen LogP contribution in [0.5, 0.6) is 0 Å². The molecule has 0 radical (unpaired) electrons. The molecule has 0 aromatic heterocycles. The van der Waals surface area contributed by atoms with E-state index >= 15 is 0 Å². The maximum absolute atomic E-state index is 9.39. The monoisotopic (exact) mass is 622 g/mol. The lowest BCUT2D eigenvalue weighted by Crippen LogP contribution is -2.58. The summed E-state index contributed by atoms with van der Waals surface area (Å²) in [6, 6.07) is 0. The van der Waals surface area contributed by atoms with Crippen LogP contribution in [0.4, 0.5) is 0 Å². The minimum atomic E-state index is -0.868. The quantitative estimate of drug-likeness (QED) is 0.303. The lowest BCUT2D eigenvalue weighted by molar-refractivity contribution is -0.330. The van der Waals surface area contributed by atoms with Crippen molar-refractivity contribution in [3.05, 3.63) is 24.8 Å². The number of rotatable bonds is 10. The molecule has 5 heterocycles. The van der Waals surface area contributed by atoms with Crippen LogP contribution in [0, 0.1) is 11.8 Å². The Kier molecular flexibility index (Phi) is 11.0. The number of methoxy groups -OCH3 is 1. The predicted octanol–water partition coefficient (Wildman–Crippen LogP) is 5.82. The summed E-state index contributed by atoms with van der Waals surface area (Å²) >= 11 is 0. The van der Waals surface area contributed by atoms with E-state index in [1.54, 1.807) is 7.11 Å². The summed E-state index contributed by atoms with van der Waals surface area (Å²) in [5.74, 6) is -2.01. The van der Waals surface area contributed by atoms with Gasteiger partial charge in [-0.2, -0.15) is 0 Å². The fraction of sp³-hybridized carbons (Fsp3) is 0.886. The molecular weight excluding hydrogens is 564 g/mol. The Balaban J connectivity index is 1.26. The van der Waals surface area contributed by atoms with E-state index in [-0.39, 0.29) is 73.4 Å². The van der Waals surface area contributed by atoms with Crippen LogP contribution in [-0.4, -0.2) is 91.1 Å². The maximum atomic E-state index is 9.39. The average molecular weight is 623 g/mol. The minimum absolute atomic E-state index is 0.0205. The van der Waals surface area contributed by atoms with Gasteiger partial charge in [-0.25, -0.2) is 0 Å². The Morgan fingerprint density at radius 1 is 0.909 bits per heavy atom. The molecule has 5 aliphatic heterocycles. The molecule has 12 atom stereocenters. The zero-order valence-electron chi connectivity index (χ0n) is 28.1. The fourth-order valence-corrected chi connectivity index (χ4v) is 7.88. The van der Waals surface area contributed by atoms with Crippen molar-refractivity contribution in [3.8, 4) is 0 Å². The minimum Gasteiger partial charge on any atom is -0.396 e. The van der Waals surface area contributed by atoms with Gasteiger partial charge in [0, 0.05) is 51.2 Å². The second kappa shape index (κ2) is 14.1. The summed E-state index contributed by atoms with van der Waals surface area (Å²) < 4.78 is 51.8. The molecule has 252 valence electrons. The van der Waals surface area contributed by atoms with E-state index in [4.69, 9.17) is 37.9 Å². The first-order valence-electron chi connectivity index (χ1n) is 17.0. The third-order valence-electron chi connectivity index (χ3n) is 10.1. The van der Waals surface area contributed by atoms with E-state index in [1.165, 1.54) is 0 Å². The van der Waals surface area contributed by atoms with Crippen LogP contribution in [0.3, 0.4) is 0 Å². The van der Waals surface area contributed by atoms with Gasteiger partial charge in [0.2, 0.25) is 0 Å². The van der Waals surface area contributed by atoms with Crippen LogP contribution in [0.1, 0.15) is 99.3 Å². The number of hydrogen-bond acceptors (Lipinski definition) is 9. The van der Waals surface area contributed by atoms with Crippen molar-refractivity contribution in [2.45, 2.75) is 172 Å². The largest absolute Gasteiger partial charge is 0.396 e. The zero-order chi connectivity index (χ0) is 31.7. The highest BCUT2D eigenvalue weighted by Crippen LogP contribution is 2.45. The summed E-state index contributed by atoms with van der Waals surface area (Å²) in [6.45, 7) is 16.4. The van der Waals surface area contributed by atoms with Gasteiger partial charge in [0.05, 0.1) is 42.7 Å². The van der Waals surface area contributed by atoms with Crippen molar-refractivity contribution < 1.29 is 43.0 Å². The van der Waals surface area contributed by atoms with Gasteiger partial charge in [0.15, 0.2) is 17.4 Å². The molecule has 9 nitrogen and oxygen atoms in total. The summed E-state index contributed by atoms with van der Waals surface area (Å²) in [5.41, 5.74) is 0. The van der Waals surface area contributed by atoms with Crippen molar-refractivity contribution in [2.75, 3.05) is 13.7 Å². The van der Waals surface area contributed by atoms with Gasteiger partial charge in [-0.3, -0.25) is 0 Å². The second-order valence-electron chi connectivity index (χ2n) is 14.7. The maximum Gasteiger partial charge on any atom is 0.188 e. The highest BCUT2D eigenvalue weighted by atomic mass is 16.8. The number of hydrogen-bond donors (Lipinski definition) is 1. The molecule has 44 heavy (non-hydrogen) atoms. The van der Waals surface area contributed by atoms with Crippen molar-refractivity contribution in [1.29, 1.82) is 0 Å². The van der Waals surface area contributed by atoms with Gasteiger partial charge in [0.25, 0.3) is 0 Å². The molecule has 1 N–H and O–H groups in total. The SMILES string of the molecule is C=C[C@H](C)[C@@H]1OC(C)(C)O[C@@H]1[C@H]1O[C@@]2(C=C[C@H](C)[C@@H](C[C@@H]3C[C@@H](C[C@@H]4CCC[C@H](CCO)O4)OC(C)(C)O3)O2)CC[C@@H]1OC.